The Kier molecular flexibility index (Phi) is 8.29. The van der Waals surface area contributed by atoms with Crippen LogP contribution in [0.2, 0.25) is 0 Å². The summed E-state index contributed by atoms with van der Waals surface area (Å²) in [7, 11) is -3.66. The van der Waals surface area contributed by atoms with Gasteiger partial charge >= 0.3 is 0 Å². The number of halogens is 1. The number of benzene rings is 1. The van der Waals surface area contributed by atoms with Crippen LogP contribution in [-0.4, -0.2) is 51.4 Å². The lowest BCUT2D eigenvalue weighted by molar-refractivity contribution is -0.133. The van der Waals surface area contributed by atoms with E-state index in [2.05, 4.69) is 10.0 Å². The van der Waals surface area contributed by atoms with Gasteiger partial charge in [-0.3, -0.25) is 4.79 Å². The number of nitrogens with one attached hydrogen (secondary N) is 2. The summed E-state index contributed by atoms with van der Waals surface area (Å²) in [6.45, 7) is 13.9. The van der Waals surface area contributed by atoms with Crippen molar-refractivity contribution in [2.45, 2.75) is 58.9 Å². The first-order valence-corrected chi connectivity index (χ1v) is 10.6. The Balaban J connectivity index is 0.00000364. The molecule has 0 unspecified atom stereocenters. The summed E-state index contributed by atoms with van der Waals surface area (Å²) >= 11 is 0. The van der Waals surface area contributed by atoms with Crippen molar-refractivity contribution >= 4 is 28.3 Å². The summed E-state index contributed by atoms with van der Waals surface area (Å²) in [6.07, 6.45) is 0.172. The third-order valence-electron chi connectivity index (χ3n) is 5.65. The van der Waals surface area contributed by atoms with Crippen LogP contribution in [0.4, 0.5) is 0 Å². The molecule has 1 fully saturated rings. The number of carbonyl (C=O) groups excluding carboxylic acids is 1. The molecule has 1 aliphatic rings. The van der Waals surface area contributed by atoms with Crippen molar-refractivity contribution in [3.8, 4) is 0 Å². The predicted octanol–water partition coefficient (Wildman–Crippen LogP) is 2.14. The highest BCUT2D eigenvalue weighted by Gasteiger charge is 2.25. The van der Waals surface area contributed by atoms with E-state index in [4.69, 9.17) is 0 Å². The zero-order valence-corrected chi connectivity index (χ0v) is 18.7. The van der Waals surface area contributed by atoms with E-state index in [0.717, 1.165) is 40.9 Å². The van der Waals surface area contributed by atoms with Gasteiger partial charge in [-0.15, -0.1) is 12.4 Å². The minimum Gasteiger partial charge on any atom is -0.337 e. The highest BCUT2D eigenvalue weighted by atomic mass is 35.5. The number of sulfonamides is 1. The lowest BCUT2D eigenvalue weighted by Crippen LogP contribution is -2.52. The van der Waals surface area contributed by atoms with Crippen LogP contribution in [0.25, 0.3) is 0 Å². The van der Waals surface area contributed by atoms with E-state index < -0.39 is 10.0 Å². The van der Waals surface area contributed by atoms with Crippen molar-refractivity contribution < 1.29 is 13.2 Å². The van der Waals surface area contributed by atoms with Crippen molar-refractivity contribution in [2.24, 2.45) is 0 Å². The van der Waals surface area contributed by atoms with E-state index in [9.17, 15) is 13.2 Å². The van der Waals surface area contributed by atoms with Gasteiger partial charge in [-0.2, -0.15) is 0 Å². The maximum absolute atomic E-state index is 12.9. The molecule has 1 heterocycles. The van der Waals surface area contributed by atoms with Crippen molar-refractivity contribution in [3.05, 3.63) is 27.8 Å². The van der Waals surface area contributed by atoms with Gasteiger partial charge in [-0.1, -0.05) is 0 Å². The largest absolute Gasteiger partial charge is 0.337 e. The van der Waals surface area contributed by atoms with Crippen LogP contribution in [0.3, 0.4) is 0 Å². The molecule has 27 heavy (non-hydrogen) atoms. The fraction of sp³-hybridized carbons (Fsp3) is 0.632. The van der Waals surface area contributed by atoms with Gasteiger partial charge in [0.2, 0.25) is 15.9 Å². The molecule has 1 saturated heterocycles. The molecule has 0 spiro atoms. The zero-order chi connectivity index (χ0) is 19.6. The van der Waals surface area contributed by atoms with Crippen molar-refractivity contribution in [1.29, 1.82) is 0 Å². The molecule has 0 saturated carbocycles. The van der Waals surface area contributed by atoms with Gasteiger partial charge in [0.25, 0.3) is 0 Å². The van der Waals surface area contributed by atoms with Crippen LogP contribution < -0.4 is 10.0 Å². The average Bonchev–Trinajstić information content (AvgIpc) is 2.58. The van der Waals surface area contributed by atoms with Crippen molar-refractivity contribution in [1.82, 2.24) is 14.9 Å². The molecule has 1 aromatic rings. The number of hydrogen-bond acceptors (Lipinski definition) is 4. The molecule has 0 bridgehead atoms. The number of amides is 1. The number of rotatable bonds is 5. The van der Waals surface area contributed by atoms with Gasteiger partial charge in [0.05, 0.1) is 4.90 Å². The highest BCUT2D eigenvalue weighted by molar-refractivity contribution is 7.89. The van der Waals surface area contributed by atoms with Gasteiger partial charge in [0.15, 0.2) is 0 Å². The van der Waals surface area contributed by atoms with Gasteiger partial charge in [0.1, 0.15) is 0 Å². The van der Waals surface area contributed by atoms with E-state index >= 15 is 0 Å². The molecular formula is C19H32ClN3O3S. The molecule has 0 aliphatic carbocycles. The fourth-order valence-corrected chi connectivity index (χ4v) is 5.22. The number of nitrogens with zero attached hydrogens (tertiary/aromatic N) is 1. The lowest BCUT2D eigenvalue weighted by Gasteiger charge is -2.34. The van der Waals surface area contributed by atoms with E-state index in [1.54, 1.807) is 0 Å². The summed E-state index contributed by atoms with van der Waals surface area (Å²) in [5.74, 6) is -0.00795. The SMILES string of the molecule is Cc1c(C)c(C)c(S(=O)(=O)NCCC(=O)N2CCNC[C@@H]2C)c(C)c1C.Cl. The molecule has 2 N–H and O–H groups in total. The van der Waals surface area contributed by atoms with E-state index in [1.165, 1.54) is 0 Å². The minimum atomic E-state index is -3.66. The van der Waals surface area contributed by atoms with Crippen LogP contribution >= 0.6 is 12.4 Å². The van der Waals surface area contributed by atoms with Crippen molar-refractivity contribution in [2.75, 3.05) is 26.2 Å². The summed E-state index contributed by atoms with van der Waals surface area (Å²) in [5.41, 5.74) is 4.68. The third kappa shape index (κ3) is 5.02. The second-order valence-electron chi connectivity index (χ2n) is 7.24. The van der Waals surface area contributed by atoms with E-state index in [-0.39, 0.29) is 37.3 Å². The van der Waals surface area contributed by atoms with Gasteiger partial charge < -0.3 is 10.2 Å². The monoisotopic (exact) mass is 417 g/mol. The predicted molar refractivity (Wildman–Crippen MR) is 111 cm³/mol. The molecule has 2 rings (SSSR count). The average molecular weight is 418 g/mol. The van der Waals surface area contributed by atoms with Gasteiger partial charge in [-0.05, 0) is 69.4 Å². The maximum atomic E-state index is 12.9. The summed E-state index contributed by atoms with van der Waals surface area (Å²) in [5, 5.41) is 3.24. The smallest absolute Gasteiger partial charge is 0.241 e. The quantitative estimate of drug-likeness (QED) is 0.769. The molecular weight excluding hydrogens is 386 g/mol. The van der Waals surface area contributed by atoms with Crippen LogP contribution in [0.1, 0.15) is 41.2 Å². The molecule has 8 heteroatoms. The molecule has 1 aliphatic heterocycles. The van der Waals surface area contributed by atoms with Crippen molar-refractivity contribution in [3.63, 3.8) is 0 Å². The van der Waals surface area contributed by atoms with Gasteiger partial charge in [0, 0.05) is 38.6 Å². The standard InChI is InChI=1S/C19H31N3O3S.ClH/c1-12-11-20-9-10-22(12)18(23)7-8-21-26(24,25)19-16(5)14(3)13(2)15(4)17(19)6;/h12,20-21H,7-11H2,1-6H3;1H/t12-;/m0./s1. The second-order valence-corrected chi connectivity index (χ2v) is 8.95. The molecule has 154 valence electrons. The topological polar surface area (TPSA) is 78.5 Å². The Bertz CT molecular complexity index is 780. The van der Waals surface area contributed by atoms with E-state index in [1.807, 2.05) is 46.4 Å². The maximum Gasteiger partial charge on any atom is 0.241 e. The molecule has 0 radical (unpaired) electrons. The first kappa shape index (κ1) is 23.9. The Labute approximate surface area is 169 Å². The summed E-state index contributed by atoms with van der Waals surface area (Å²) in [4.78, 5) is 14.6. The van der Waals surface area contributed by atoms with Crippen LogP contribution in [0.5, 0.6) is 0 Å². The second kappa shape index (κ2) is 9.37. The number of piperazine rings is 1. The highest BCUT2D eigenvalue weighted by Crippen LogP contribution is 2.29. The lowest BCUT2D eigenvalue weighted by atomic mass is 9.95. The number of carbonyl (C=O) groups is 1. The normalized spacial score (nSPS) is 17.6. The minimum absolute atomic E-state index is 0. The van der Waals surface area contributed by atoms with Crippen LogP contribution in [0.15, 0.2) is 4.90 Å². The van der Waals surface area contributed by atoms with Crippen LogP contribution in [-0.2, 0) is 14.8 Å². The molecule has 0 aromatic heterocycles. The first-order chi connectivity index (χ1) is 12.1. The van der Waals surface area contributed by atoms with E-state index in [0.29, 0.717) is 11.4 Å². The van der Waals surface area contributed by atoms with Crippen LogP contribution in [0, 0.1) is 34.6 Å². The third-order valence-corrected chi connectivity index (χ3v) is 7.39. The summed E-state index contributed by atoms with van der Waals surface area (Å²) in [6, 6.07) is 0.139. The molecule has 1 aromatic carbocycles. The Morgan fingerprint density at radius 2 is 1.59 bits per heavy atom. The summed E-state index contributed by atoms with van der Waals surface area (Å²) < 4.78 is 28.4. The molecule has 1 atom stereocenters. The Morgan fingerprint density at radius 1 is 1.07 bits per heavy atom. The molecule has 1 amide bonds. The number of hydrogen-bond donors (Lipinski definition) is 2. The zero-order valence-electron chi connectivity index (χ0n) is 17.1. The first-order valence-electron chi connectivity index (χ1n) is 9.14. The molecule has 6 nitrogen and oxygen atoms in total. The fourth-order valence-electron chi connectivity index (χ4n) is 3.59. The Morgan fingerprint density at radius 3 is 2.11 bits per heavy atom. The van der Waals surface area contributed by atoms with Gasteiger partial charge in [-0.25, -0.2) is 13.1 Å². The Hall–Kier alpha value is -1.15.